The molecule has 3 aromatic rings. The highest BCUT2D eigenvalue weighted by Gasteiger charge is 2.13. The van der Waals surface area contributed by atoms with Gasteiger partial charge in [-0.1, -0.05) is 36.4 Å². The van der Waals surface area contributed by atoms with Crippen molar-refractivity contribution in [2.24, 2.45) is 0 Å². The van der Waals surface area contributed by atoms with Gasteiger partial charge in [0.2, 0.25) is 0 Å². The molecule has 0 amide bonds. The molecule has 0 bridgehead atoms. The lowest BCUT2D eigenvalue weighted by Crippen LogP contribution is -2.06. The molecule has 0 radical (unpaired) electrons. The molecule has 6 heteroatoms. The topological polar surface area (TPSA) is 67.8 Å². The molecule has 0 aliphatic carbocycles. The Morgan fingerprint density at radius 1 is 1.07 bits per heavy atom. The Morgan fingerprint density at radius 3 is 2.52 bits per heavy atom. The third kappa shape index (κ3) is 5.09. The molecule has 0 spiro atoms. The minimum absolute atomic E-state index is 0.290. The van der Waals surface area contributed by atoms with Crippen LogP contribution in [0.1, 0.15) is 27.0 Å². The Bertz CT molecular complexity index is 1010. The highest BCUT2D eigenvalue weighted by Crippen LogP contribution is 2.37. The average molecular weight is 456 g/mol. The van der Waals surface area contributed by atoms with E-state index in [-0.39, 0.29) is 0 Å². The minimum Gasteiger partial charge on any atom is -0.493 e. The summed E-state index contributed by atoms with van der Waals surface area (Å²) < 4.78 is 12.3. The molecule has 0 atom stereocenters. The van der Waals surface area contributed by atoms with Gasteiger partial charge in [0.15, 0.2) is 11.5 Å². The number of anilines is 1. The zero-order valence-electron chi connectivity index (χ0n) is 16.2. The van der Waals surface area contributed by atoms with Gasteiger partial charge >= 0.3 is 5.97 Å². The van der Waals surface area contributed by atoms with Crippen LogP contribution in [0.25, 0.3) is 0 Å². The summed E-state index contributed by atoms with van der Waals surface area (Å²) in [5.74, 6) is 0.336. The molecule has 0 saturated heterocycles. The number of rotatable bonds is 8. The molecule has 0 heterocycles. The number of carbonyl (C=O) groups is 1. The number of hydrogen-bond donors (Lipinski definition) is 2. The van der Waals surface area contributed by atoms with Gasteiger partial charge in [-0.15, -0.1) is 0 Å². The van der Waals surface area contributed by atoms with Crippen LogP contribution in [0.2, 0.25) is 0 Å². The number of carboxylic acid groups (broad SMARTS) is 1. The third-order valence-corrected chi connectivity index (χ3v) is 5.15. The summed E-state index contributed by atoms with van der Waals surface area (Å²) in [6.07, 6.45) is 0. The fourth-order valence-corrected chi connectivity index (χ4v) is 3.61. The van der Waals surface area contributed by atoms with E-state index in [1.165, 1.54) is 0 Å². The van der Waals surface area contributed by atoms with E-state index in [2.05, 4.69) is 21.2 Å². The van der Waals surface area contributed by atoms with E-state index in [0.717, 1.165) is 21.3 Å². The van der Waals surface area contributed by atoms with Crippen molar-refractivity contribution in [3.63, 3.8) is 0 Å². The Morgan fingerprint density at radius 2 is 1.83 bits per heavy atom. The lowest BCUT2D eigenvalue weighted by atomic mass is 10.1. The molecular weight excluding hydrogens is 434 g/mol. The molecule has 0 aliphatic heterocycles. The molecule has 3 aromatic carbocycles. The second-order valence-electron chi connectivity index (χ2n) is 6.52. The summed E-state index contributed by atoms with van der Waals surface area (Å²) in [6.45, 7) is 2.75. The van der Waals surface area contributed by atoms with Crippen LogP contribution in [0, 0.1) is 6.92 Å². The van der Waals surface area contributed by atoms with E-state index < -0.39 is 5.97 Å². The molecular formula is C23H22BrNO4. The van der Waals surface area contributed by atoms with E-state index in [9.17, 15) is 9.90 Å². The van der Waals surface area contributed by atoms with Crippen LogP contribution in [0.5, 0.6) is 11.5 Å². The highest BCUT2D eigenvalue weighted by molar-refractivity contribution is 9.10. The number of halogens is 1. The predicted octanol–water partition coefficient (Wildman–Crippen LogP) is 5.66. The van der Waals surface area contributed by atoms with Gasteiger partial charge < -0.3 is 19.9 Å². The molecule has 150 valence electrons. The van der Waals surface area contributed by atoms with E-state index >= 15 is 0 Å². The third-order valence-electron chi connectivity index (χ3n) is 4.56. The molecule has 29 heavy (non-hydrogen) atoms. The zero-order chi connectivity index (χ0) is 20.8. The molecule has 2 N–H and O–H groups in total. The van der Waals surface area contributed by atoms with Crippen LogP contribution < -0.4 is 14.8 Å². The van der Waals surface area contributed by atoms with Gasteiger partial charge in [0.05, 0.1) is 17.1 Å². The summed E-state index contributed by atoms with van der Waals surface area (Å²) in [4.78, 5) is 11.3. The van der Waals surface area contributed by atoms with Crippen LogP contribution in [0.15, 0.2) is 65.1 Å². The summed E-state index contributed by atoms with van der Waals surface area (Å²) >= 11 is 3.57. The van der Waals surface area contributed by atoms with E-state index in [4.69, 9.17) is 9.47 Å². The Balaban J connectivity index is 1.75. The zero-order valence-corrected chi connectivity index (χ0v) is 17.8. The number of benzene rings is 3. The number of ether oxygens (including phenoxy) is 2. The lowest BCUT2D eigenvalue weighted by molar-refractivity contribution is 0.0696. The monoisotopic (exact) mass is 455 g/mol. The molecule has 0 aromatic heterocycles. The van der Waals surface area contributed by atoms with Crippen LogP contribution >= 0.6 is 15.9 Å². The maximum atomic E-state index is 11.3. The number of nitrogens with one attached hydrogen (secondary N) is 1. The molecule has 5 nitrogen and oxygen atoms in total. The smallest absolute Gasteiger partial charge is 0.336 e. The summed E-state index contributed by atoms with van der Waals surface area (Å²) in [7, 11) is 1.61. The van der Waals surface area contributed by atoms with Gasteiger partial charge in [-0.05, 0) is 63.8 Å². The minimum atomic E-state index is -0.935. The van der Waals surface area contributed by atoms with Crippen LogP contribution in [0.3, 0.4) is 0 Å². The van der Waals surface area contributed by atoms with Crippen LogP contribution in [-0.2, 0) is 13.2 Å². The summed E-state index contributed by atoms with van der Waals surface area (Å²) in [5.41, 5.74) is 3.82. The summed E-state index contributed by atoms with van der Waals surface area (Å²) in [5, 5.41) is 12.6. The fourth-order valence-electron chi connectivity index (χ4n) is 3.00. The van der Waals surface area contributed by atoms with Gasteiger partial charge in [-0.3, -0.25) is 0 Å². The van der Waals surface area contributed by atoms with E-state index in [1.807, 2.05) is 48.5 Å². The average Bonchev–Trinajstić information content (AvgIpc) is 2.72. The van der Waals surface area contributed by atoms with Crippen molar-refractivity contribution in [3.8, 4) is 11.5 Å². The van der Waals surface area contributed by atoms with E-state index in [1.54, 1.807) is 26.2 Å². The first-order chi connectivity index (χ1) is 14.0. The second-order valence-corrected chi connectivity index (χ2v) is 7.37. The normalized spacial score (nSPS) is 10.4. The maximum absolute atomic E-state index is 11.3. The van der Waals surface area contributed by atoms with Crippen molar-refractivity contribution in [2.45, 2.75) is 20.1 Å². The van der Waals surface area contributed by atoms with Gasteiger partial charge in [0.1, 0.15) is 6.61 Å². The Hall–Kier alpha value is -2.99. The van der Waals surface area contributed by atoms with Crippen LogP contribution in [0.4, 0.5) is 5.69 Å². The molecule has 3 rings (SSSR count). The van der Waals surface area contributed by atoms with Gasteiger partial charge in [0, 0.05) is 12.2 Å². The molecule has 0 saturated carbocycles. The SMILES string of the molecule is COc1cc(CNc2cccc(C(=O)O)c2C)cc(Br)c1OCc1ccccc1. The molecule has 0 fully saturated rings. The molecule has 0 aliphatic rings. The second kappa shape index (κ2) is 9.47. The fraction of sp³-hybridized carbons (Fsp3) is 0.174. The number of carboxylic acids is 1. The first-order valence-corrected chi connectivity index (χ1v) is 9.88. The summed E-state index contributed by atoms with van der Waals surface area (Å²) in [6, 6.07) is 19.0. The largest absolute Gasteiger partial charge is 0.493 e. The number of hydrogen-bond acceptors (Lipinski definition) is 4. The standard InChI is InChI=1S/C23H22BrNO4/c1-15-18(23(26)27)9-6-10-20(15)25-13-17-11-19(24)22(21(12-17)28-2)29-14-16-7-4-3-5-8-16/h3-12,25H,13-14H2,1-2H3,(H,26,27). The first kappa shape index (κ1) is 20.7. The van der Waals surface area contributed by atoms with E-state index in [0.29, 0.717) is 35.8 Å². The molecule has 0 unspecified atom stereocenters. The number of methoxy groups -OCH3 is 1. The van der Waals surface area contributed by atoms with Crippen molar-refractivity contribution in [1.29, 1.82) is 0 Å². The van der Waals surface area contributed by atoms with Gasteiger partial charge in [0.25, 0.3) is 0 Å². The van der Waals surface area contributed by atoms with Gasteiger partial charge in [-0.25, -0.2) is 4.79 Å². The number of aromatic carboxylic acids is 1. The Kier molecular flexibility index (Phi) is 6.77. The van der Waals surface area contributed by atoms with Crippen molar-refractivity contribution >= 4 is 27.6 Å². The highest BCUT2D eigenvalue weighted by atomic mass is 79.9. The predicted molar refractivity (Wildman–Crippen MR) is 117 cm³/mol. The lowest BCUT2D eigenvalue weighted by Gasteiger charge is -2.16. The quantitative estimate of drug-likeness (QED) is 0.458. The first-order valence-electron chi connectivity index (χ1n) is 9.09. The van der Waals surface area contributed by atoms with Crippen molar-refractivity contribution in [3.05, 3.63) is 87.4 Å². The van der Waals surface area contributed by atoms with Crippen LogP contribution in [-0.4, -0.2) is 18.2 Å². The Labute approximate surface area is 178 Å². The van der Waals surface area contributed by atoms with Gasteiger partial charge in [-0.2, -0.15) is 0 Å². The van der Waals surface area contributed by atoms with Crippen molar-refractivity contribution < 1.29 is 19.4 Å². The van der Waals surface area contributed by atoms with Crippen molar-refractivity contribution in [1.82, 2.24) is 0 Å². The maximum Gasteiger partial charge on any atom is 0.336 e. The van der Waals surface area contributed by atoms with Crippen molar-refractivity contribution in [2.75, 3.05) is 12.4 Å².